The molecule has 1 amide bonds. The molecule has 17 heavy (non-hydrogen) atoms. The van der Waals surface area contributed by atoms with Gasteiger partial charge in [-0.15, -0.1) is 11.6 Å². The normalized spacial score (nSPS) is 10.6. The van der Waals surface area contributed by atoms with Gasteiger partial charge in [-0.05, 0) is 32.0 Å². The van der Waals surface area contributed by atoms with E-state index in [9.17, 15) is 9.90 Å². The molecule has 0 spiro atoms. The van der Waals surface area contributed by atoms with Crippen LogP contribution in [0.1, 0.15) is 24.2 Å². The van der Waals surface area contributed by atoms with E-state index in [4.69, 9.17) is 11.6 Å². The molecule has 1 rings (SSSR count). The lowest BCUT2D eigenvalue weighted by atomic mass is 10.1. The van der Waals surface area contributed by atoms with Crippen LogP contribution in [-0.2, 0) is 0 Å². The second-order valence-corrected chi connectivity index (χ2v) is 5.24. The molecule has 0 aliphatic heterocycles. The first-order valence-electron chi connectivity index (χ1n) is 5.32. The van der Waals surface area contributed by atoms with Crippen LogP contribution in [0.2, 0.25) is 0 Å². The largest absolute Gasteiger partial charge is 0.507 e. The van der Waals surface area contributed by atoms with E-state index >= 15 is 0 Å². The van der Waals surface area contributed by atoms with Crippen LogP contribution < -0.4 is 0 Å². The first kappa shape index (κ1) is 14.3. The molecule has 1 aromatic carbocycles. The lowest BCUT2D eigenvalue weighted by molar-refractivity contribution is 0.0715. The molecule has 0 unspecified atom stereocenters. The summed E-state index contributed by atoms with van der Waals surface area (Å²) >= 11 is 8.91. The van der Waals surface area contributed by atoms with E-state index in [0.29, 0.717) is 18.0 Å². The highest BCUT2D eigenvalue weighted by Gasteiger charge is 2.20. The Kier molecular flexibility index (Phi) is 5.28. The molecule has 3 nitrogen and oxygen atoms in total. The fourth-order valence-electron chi connectivity index (χ4n) is 1.53. The van der Waals surface area contributed by atoms with Crippen molar-refractivity contribution in [1.29, 1.82) is 0 Å². The van der Waals surface area contributed by atoms with Gasteiger partial charge in [-0.25, -0.2) is 0 Å². The van der Waals surface area contributed by atoms with E-state index in [0.717, 1.165) is 4.47 Å². The van der Waals surface area contributed by atoms with Crippen LogP contribution in [0.5, 0.6) is 5.75 Å². The van der Waals surface area contributed by atoms with Crippen molar-refractivity contribution in [1.82, 2.24) is 4.90 Å². The highest BCUT2D eigenvalue weighted by atomic mass is 79.9. The van der Waals surface area contributed by atoms with E-state index in [-0.39, 0.29) is 17.7 Å². The SMILES string of the molecule is CC(C)N(CCCl)C(=O)c1ccc(Br)cc1O. The summed E-state index contributed by atoms with van der Waals surface area (Å²) in [6.07, 6.45) is 0. The van der Waals surface area contributed by atoms with Gasteiger partial charge in [0, 0.05) is 22.9 Å². The molecule has 0 aliphatic rings. The third-order valence-electron chi connectivity index (χ3n) is 2.40. The van der Waals surface area contributed by atoms with Gasteiger partial charge >= 0.3 is 0 Å². The van der Waals surface area contributed by atoms with E-state index in [1.54, 1.807) is 17.0 Å². The number of hydrogen-bond acceptors (Lipinski definition) is 2. The number of benzene rings is 1. The Morgan fingerprint density at radius 2 is 2.18 bits per heavy atom. The molecule has 5 heteroatoms. The maximum absolute atomic E-state index is 12.2. The molecule has 94 valence electrons. The Hall–Kier alpha value is -0.740. The number of rotatable bonds is 4. The number of alkyl halides is 1. The average Bonchev–Trinajstić information content (AvgIpc) is 2.24. The van der Waals surface area contributed by atoms with Gasteiger partial charge < -0.3 is 10.0 Å². The number of carbonyl (C=O) groups is 1. The number of nitrogens with zero attached hydrogens (tertiary/aromatic N) is 1. The van der Waals surface area contributed by atoms with Gasteiger partial charge in [0.15, 0.2) is 0 Å². The third kappa shape index (κ3) is 3.61. The van der Waals surface area contributed by atoms with Crippen molar-refractivity contribution in [3.05, 3.63) is 28.2 Å². The van der Waals surface area contributed by atoms with Gasteiger partial charge in [0.2, 0.25) is 0 Å². The minimum atomic E-state index is -0.203. The molecule has 1 aromatic rings. The Balaban J connectivity index is 3.01. The minimum absolute atomic E-state index is 0.0235. The van der Waals surface area contributed by atoms with Crippen LogP contribution in [0.3, 0.4) is 0 Å². The summed E-state index contributed by atoms with van der Waals surface area (Å²) in [5, 5.41) is 9.75. The molecule has 0 aliphatic carbocycles. The van der Waals surface area contributed by atoms with Gasteiger partial charge in [0.25, 0.3) is 5.91 Å². The molecule has 0 aromatic heterocycles. The van der Waals surface area contributed by atoms with Gasteiger partial charge in [-0.1, -0.05) is 15.9 Å². The van der Waals surface area contributed by atoms with E-state index in [1.807, 2.05) is 13.8 Å². The van der Waals surface area contributed by atoms with Crippen molar-refractivity contribution in [3.63, 3.8) is 0 Å². The zero-order valence-electron chi connectivity index (χ0n) is 9.78. The summed E-state index contributed by atoms with van der Waals surface area (Å²) in [5.74, 6) is 0.150. The fraction of sp³-hybridized carbons (Fsp3) is 0.417. The van der Waals surface area contributed by atoms with Crippen LogP contribution >= 0.6 is 27.5 Å². The third-order valence-corrected chi connectivity index (χ3v) is 3.06. The lowest BCUT2D eigenvalue weighted by Gasteiger charge is -2.26. The molecule has 0 saturated carbocycles. The Morgan fingerprint density at radius 1 is 1.53 bits per heavy atom. The number of hydrogen-bond donors (Lipinski definition) is 1. The molecule has 1 N–H and O–H groups in total. The number of aromatic hydroxyl groups is 1. The van der Waals surface area contributed by atoms with Crippen molar-refractivity contribution in [2.24, 2.45) is 0 Å². The van der Waals surface area contributed by atoms with Crippen LogP contribution in [0.25, 0.3) is 0 Å². The van der Waals surface area contributed by atoms with Crippen molar-refractivity contribution < 1.29 is 9.90 Å². The van der Waals surface area contributed by atoms with Gasteiger partial charge in [-0.2, -0.15) is 0 Å². The van der Waals surface area contributed by atoms with Crippen LogP contribution in [0.4, 0.5) is 0 Å². The minimum Gasteiger partial charge on any atom is -0.507 e. The monoisotopic (exact) mass is 319 g/mol. The molecule has 0 heterocycles. The maximum atomic E-state index is 12.2. The maximum Gasteiger partial charge on any atom is 0.257 e. The zero-order chi connectivity index (χ0) is 13.0. The molecule has 0 bridgehead atoms. The lowest BCUT2D eigenvalue weighted by Crippen LogP contribution is -2.38. The van der Waals surface area contributed by atoms with Crippen molar-refractivity contribution in [2.75, 3.05) is 12.4 Å². The van der Waals surface area contributed by atoms with Gasteiger partial charge in [-0.3, -0.25) is 4.79 Å². The summed E-state index contributed by atoms with van der Waals surface area (Å²) in [6, 6.07) is 4.88. The van der Waals surface area contributed by atoms with Crippen molar-refractivity contribution in [3.8, 4) is 5.75 Å². The van der Waals surface area contributed by atoms with E-state index in [2.05, 4.69) is 15.9 Å². The van der Waals surface area contributed by atoms with E-state index in [1.165, 1.54) is 6.07 Å². The summed E-state index contributed by atoms with van der Waals surface area (Å²) < 4.78 is 0.736. The predicted octanol–water partition coefficient (Wildman–Crippen LogP) is 3.24. The smallest absolute Gasteiger partial charge is 0.257 e. The number of phenolic OH excluding ortho intramolecular Hbond substituents is 1. The Morgan fingerprint density at radius 3 is 2.65 bits per heavy atom. The van der Waals surface area contributed by atoms with Crippen LogP contribution in [0, 0.1) is 0 Å². The average molecular weight is 321 g/mol. The summed E-state index contributed by atoms with van der Waals surface area (Å²) in [6.45, 7) is 4.30. The van der Waals surface area contributed by atoms with Crippen molar-refractivity contribution >= 4 is 33.4 Å². The second-order valence-electron chi connectivity index (χ2n) is 3.94. The predicted molar refractivity (Wildman–Crippen MR) is 72.7 cm³/mol. The fourth-order valence-corrected chi connectivity index (χ4v) is 2.06. The highest BCUT2D eigenvalue weighted by Crippen LogP contribution is 2.24. The standard InChI is InChI=1S/C12H15BrClNO2/c1-8(2)15(6-5-14)12(17)10-4-3-9(13)7-11(10)16/h3-4,7-8,16H,5-6H2,1-2H3. The second kappa shape index (κ2) is 6.26. The quantitative estimate of drug-likeness (QED) is 0.865. The van der Waals surface area contributed by atoms with Crippen LogP contribution in [-0.4, -0.2) is 34.4 Å². The summed E-state index contributed by atoms with van der Waals surface area (Å²) in [7, 11) is 0. The molecule has 0 atom stereocenters. The highest BCUT2D eigenvalue weighted by molar-refractivity contribution is 9.10. The Labute approximate surface area is 115 Å². The first-order valence-corrected chi connectivity index (χ1v) is 6.65. The van der Waals surface area contributed by atoms with Crippen molar-refractivity contribution in [2.45, 2.75) is 19.9 Å². The molecule has 0 saturated heterocycles. The zero-order valence-corrected chi connectivity index (χ0v) is 12.1. The van der Waals surface area contributed by atoms with Crippen LogP contribution in [0.15, 0.2) is 22.7 Å². The first-order chi connectivity index (χ1) is 7.97. The van der Waals surface area contributed by atoms with Gasteiger partial charge in [0.05, 0.1) is 5.56 Å². The van der Waals surface area contributed by atoms with Gasteiger partial charge in [0.1, 0.15) is 5.75 Å². The molecular weight excluding hydrogens is 305 g/mol. The molecule has 0 radical (unpaired) electrons. The Bertz CT molecular complexity index is 409. The number of phenols is 1. The topological polar surface area (TPSA) is 40.5 Å². The number of carbonyl (C=O) groups excluding carboxylic acids is 1. The summed E-state index contributed by atoms with van der Waals surface area (Å²) in [5.41, 5.74) is 0.298. The molecule has 0 fully saturated rings. The molecular formula is C12H15BrClNO2. The number of amides is 1. The number of halogens is 2. The van der Waals surface area contributed by atoms with E-state index < -0.39 is 0 Å². The summed E-state index contributed by atoms with van der Waals surface area (Å²) in [4.78, 5) is 13.8.